The fourth-order valence-electron chi connectivity index (χ4n) is 3.60. The zero-order valence-corrected chi connectivity index (χ0v) is 20.7. The molecule has 3 unspecified atom stereocenters. The van der Waals surface area contributed by atoms with E-state index >= 15 is 0 Å². The van der Waals surface area contributed by atoms with Crippen LogP contribution in [0.15, 0.2) is 29.5 Å². The molecule has 4 atom stereocenters. The highest BCUT2D eigenvalue weighted by atomic mass is 16.5. The van der Waals surface area contributed by atoms with Gasteiger partial charge >= 0.3 is 0 Å². The molecule has 2 aliphatic heterocycles. The predicted molar refractivity (Wildman–Crippen MR) is 135 cm³/mol. The van der Waals surface area contributed by atoms with E-state index in [2.05, 4.69) is 55.5 Å². The van der Waals surface area contributed by atoms with Crippen molar-refractivity contribution in [1.82, 2.24) is 15.5 Å². The maximum atomic E-state index is 13.0. The maximum absolute atomic E-state index is 13.0. The molecule has 6 nitrogen and oxygen atoms in total. The third-order valence-electron chi connectivity index (χ3n) is 5.73. The van der Waals surface area contributed by atoms with Crippen molar-refractivity contribution >= 4 is 11.7 Å². The molecule has 0 spiro atoms. The number of rotatable bonds is 9. The molecule has 0 aromatic carbocycles. The van der Waals surface area contributed by atoms with Gasteiger partial charge in [-0.15, -0.1) is 0 Å². The second kappa shape index (κ2) is 16.0. The number of amides is 1. The summed E-state index contributed by atoms with van der Waals surface area (Å²) in [5.41, 5.74) is 0. The van der Waals surface area contributed by atoms with Crippen molar-refractivity contribution in [3.8, 4) is 0 Å². The van der Waals surface area contributed by atoms with Crippen molar-refractivity contribution in [2.75, 3.05) is 26.3 Å². The van der Waals surface area contributed by atoms with Crippen LogP contribution in [0, 0.1) is 11.8 Å². The van der Waals surface area contributed by atoms with Crippen LogP contribution in [0.25, 0.3) is 0 Å². The number of amidine groups is 1. The van der Waals surface area contributed by atoms with Crippen LogP contribution in [-0.2, 0) is 9.53 Å². The lowest BCUT2D eigenvalue weighted by Crippen LogP contribution is -2.58. The minimum Gasteiger partial charge on any atom is -0.372 e. The molecule has 0 saturated carbocycles. The van der Waals surface area contributed by atoms with Gasteiger partial charge in [0.1, 0.15) is 12.4 Å². The van der Waals surface area contributed by atoms with Gasteiger partial charge in [0.25, 0.3) is 0 Å². The average molecular weight is 439 g/mol. The largest absolute Gasteiger partial charge is 0.372 e. The lowest BCUT2D eigenvalue weighted by Gasteiger charge is -2.40. The Morgan fingerprint density at radius 3 is 2.87 bits per heavy atom. The quantitative estimate of drug-likeness (QED) is 0.498. The molecule has 2 rings (SSSR count). The fraction of sp³-hybridized carbons (Fsp3) is 0.760. The van der Waals surface area contributed by atoms with Crippen molar-refractivity contribution < 1.29 is 12.4 Å². The summed E-state index contributed by atoms with van der Waals surface area (Å²) < 4.78 is 5.56. The third-order valence-corrected chi connectivity index (χ3v) is 5.73. The van der Waals surface area contributed by atoms with Crippen LogP contribution in [0.4, 0.5) is 0 Å². The molecule has 1 saturated heterocycles. The highest BCUT2D eigenvalue weighted by Gasteiger charge is 2.34. The van der Waals surface area contributed by atoms with Crippen LogP contribution in [0.5, 0.6) is 0 Å². The van der Waals surface area contributed by atoms with Crippen LogP contribution < -0.4 is 10.6 Å². The van der Waals surface area contributed by atoms with Crippen LogP contribution in [0.3, 0.4) is 0 Å². The molecular weight excluding hydrogens is 388 g/mol. The number of allylic oxidation sites excluding steroid dienone is 2. The van der Waals surface area contributed by atoms with E-state index in [9.17, 15) is 4.79 Å². The molecule has 31 heavy (non-hydrogen) atoms. The standard InChI is InChI=1S/C23H40N4O2.C2H6.2H2/c1-5-14-29-17-22(28)27-16-20(26-15-18(3)6-2)9-10-21(27)23-24-12-7-8-19(4)11-13-25-23;1-2;;/h7,11-13,18-21,26H,5-6,8-10,14-17H2,1-4H3,(H,24,25);1-2H3;2*1H/b12-7+,13-11+;;;/t18?,19?,20-,21?;;;/m1.../s1. The number of likely N-dealkylation sites (tertiary alicyclic amines) is 1. The van der Waals surface area contributed by atoms with E-state index in [1.165, 1.54) is 0 Å². The molecule has 2 heterocycles. The Balaban J connectivity index is 0. The number of piperidine rings is 1. The maximum Gasteiger partial charge on any atom is 0.249 e. The summed E-state index contributed by atoms with van der Waals surface area (Å²) in [5.74, 6) is 2.00. The van der Waals surface area contributed by atoms with Crippen LogP contribution in [0.2, 0.25) is 0 Å². The first-order chi connectivity index (χ1) is 15.0. The number of carbonyl (C=O) groups excluding carboxylic acids is 1. The number of nitrogens with zero attached hydrogens (tertiary/aromatic N) is 2. The Labute approximate surface area is 193 Å². The van der Waals surface area contributed by atoms with E-state index in [1.54, 1.807) is 0 Å². The zero-order chi connectivity index (χ0) is 23.1. The van der Waals surface area contributed by atoms with Gasteiger partial charge in [0.2, 0.25) is 5.91 Å². The Bertz CT molecular complexity index is 599. The molecule has 1 amide bonds. The van der Waals surface area contributed by atoms with E-state index < -0.39 is 0 Å². The topological polar surface area (TPSA) is 66.0 Å². The van der Waals surface area contributed by atoms with E-state index in [4.69, 9.17) is 4.74 Å². The molecule has 0 bridgehead atoms. The van der Waals surface area contributed by atoms with Crippen LogP contribution >= 0.6 is 0 Å². The molecule has 0 aliphatic carbocycles. The molecule has 2 N–H and O–H groups in total. The molecule has 0 aromatic heterocycles. The number of aliphatic imine (C=N–C) groups is 1. The van der Waals surface area contributed by atoms with Gasteiger partial charge in [-0.3, -0.25) is 4.79 Å². The van der Waals surface area contributed by atoms with Crippen molar-refractivity contribution in [3.05, 3.63) is 24.6 Å². The van der Waals surface area contributed by atoms with Gasteiger partial charge in [0.15, 0.2) is 0 Å². The van der Waals surface area contributed by atoms with Crippen LogP contribution in [-0.4, -0.2) is 55.0 Å². The summed E-state index contributed by atoms with van der Waals surface area (Å²) in [4.78, 5) is 19.6. The van der Waals surface area contributed by atoms with Gasteiger partial charge < -0.3 is 20.3 Å². The predicted octanol–water partition coefficient (Wildman–Crippen LogP) is 4.98. The van der Waals surface area contributed by atoms with E-state index in [-0.39, 0.29) is 21.4 Å². The minimum absolute atomic E-state index is 0. The molecule has 182 valence electrons. The molecule has 1 fully saturated rings. The number of hydrogen-bond acceptors (Lipinski definition) is 5. The molecule has 6 heteroatoms. The summed E-state index contributed by atoms with van der Waals surface area (Å²) in [5, 5.41) is 7.01. The number of carbonyl (C=O) groups is 1. The minimum atomic E-state index is -0.0444. The Kier molecular flexibility index (Phi) is 14.2. The first-order valence-electron chi connectivity index (χ1n) is 12.3. The van der Waals surface area contributed by atoms with Crippen molar-refractivity contribution in [1.29, 1.82) is 0 Å². The Hall–Kier alpha value is -1.66. The monoisotopic (exact) mass is 438 g/mol. The second-order valence-electron chi connectivity index (χ2n) is 8.43. The van der Waals surface area contributed by atoms with Gasteiger partial charge in [0, 0.05) is 28.2 Å². The highest BCUT2D eigenvalue weighted by Crippen LogP contribution is 2.20. The van der Waals surface area contributed by atoms with Gasteiger partial charge in [-0.25, -0.2) is 4.99 Å². The first kappa shape index (κ1) is 27.4. The Morgan fingerprint density at radius 2 is 2.16 bits per heavy atom. The van der Waals surface area contributed by atoms with Gasteiger partial charge in [0.05, 0.1) is 6.04 Å². The molecular formula is C25H50N4O2. The van der Waals surface area contributed by atoms with Crippen molar-refractivity contribution in [2.24, 2.45) is 16.8 Å². The highest BCUT2D eigenvalue weighted by molar-refractivity contribution is 5.93. The normalized spacial score (nSPS) is 26.7. The molecule has 0 aromatic rings. The molecule has 2 aliphatic rings. The Morgan fingerprint density at radius 1 is 1.39 bits per heavy atom. The van der Waals surface area contributed by atoms with Crippen molar-refractivity contribution in [3.63, 3.8) is 0 Å². The lowest BCUT2D eigenvalue weighted by atomic mass is 9.96. The van der Waals surface area contributed by atoms with Crippen LogP contribution in [0.1, 0.15) is 76.5 Å². The van der Waals surface area contributed by atoms with Gasteiger partial charge in [-0.1, -0.05) is 60.1 Å². The average Bonchev–Trinajstić information content (AvgIpc) is 2.90. The van der Waals surface area contributed by atoms with Crippen molar-refractivity contribution in [2.45, 2.75) is 85.7 Å². The van der Waals surface area contributed by atoms with E-state index in [1.807, 2.05) is 31.1 Å². The summed E-state index contributed by atoms with van der Waals surface area (Å²) in [6, 6.07) is 0.274. The second-order valence-corrected chi connectivity index (χ2v) is 8.43. The number of ether oxygens (including phenoxy) is 1. The summed E-state index contributed by atoms with van der Waals surface area (Å²) in [6.07, 6.45) is 13.1. The van der Waals surface area contributed by atoms with Gasteiger partial charge in [-0.2, -0.15) is 0 Å². The smallest absolute Gasteiger partial charge is 0.249 e. The summed E-state index contributed by atoms with van der Waals surface area (Å²) in [6.45, 7) is 15.1. The van der Waals surface area contributed by atoms with Gasteiger partial charge in [-0.05, 0) is 50.3 Å². The third kappa shape index (κ3) is 10.0. The molecule has 0 radical (unpaired) electrons. The van der Waals surface area contributed by atoms with E-state index in [0.717, 1.165) is 44.5 Å². The number of hydrogen-bond donors (Lipinski definition) is 2. The fourth-order valence-corrected chi connectivity index (χ4v) is 3.60. The first-order valence-corrected chi connectivity index (χ1v) is 12.3. The number of nitrogens with one attached hydrogen (secondary N) is 2. The lowest BCUT2D eigenvalue weighted by molar-refractivity contribution is -0.138. The zero-order valence-electron chi connectivity index (χ0n) is 20.7. The van der Waals surface area contributed by atoms with E-state index in [0.29, 0.717) is 31.0 Å². The summed E-state index contributed by atoms with van der Waals surface area (Å²) >= 11 is 0. The summed E-state index contributed by atoms with van der Waals surface area (Å²) in [7, 11) is 0. The SMILES string of the molecule is CC.CCCOCC(=O)N1C[C@H](NCC(C)CC)CCC1C1=N/C=C/CC(C)/C=C/N1.[HH].[HH].